The Morgan fingerprint density at radius 1 is 1.75 bits per heavy atom. The summed E-state index contributed by atoms with van der Waals surface area (Å²) in [7, 11) is 1.57. The molecule has 1 N–H and O–H groups in total. The van der Waals surface area contributed by atoms with Gasteiger partial charge in [-0.15, -0.1) is 5.10 Å². The number of aromatic nitrogens is 2. The molecule has 1 amide bonds. The van der Waals surface area contributed by atoms with Gasteiger partial charge in [0.2, 0.25) is 0 Å². The van der Waals surface area contributed by atoms with Gasteiger partial charge < -0.3 is 5.32 Å². The lowest BCUT2D eigenvalue weighted by atomic mass is 10.2. The summed E-state index contributed by atoms with van der Waals surface area (Å²) in [4.78, 5) is 11.1. The van der Waals surface area contributed by atoms with Gasteiger partial charge in [-0.3, -0.25) is 4.79 Å². The third-order valence-electron chi connectivity index (χ3n) is 1.58. The second-order valence-corrected chi connectivity index (χ2v) is 2.38. The van der Waals surface area contributed by atoms with Gasteiger partial charge >= 0.3 is 0 Å². The number of nitrogens with zero attached hydrogens (tertiary/aromatic N) is 2. The molecule has 0 bridgehead atoms. The van der Waals surface area contributed by atoms with E-state index in [0.29, 0.717) is 5.69 Å². The van der Waals surface area contributed by atoms with Crippen molar-refractivity contribution in [1.82, 2.24) is 15.5 Å². The molecule has 66 valence electrons. The van der Waals surface area contributed by atoms with E-state index in [9.17, 15) is 4.79 Å². The highest BCUT2D eigenvalue weighted by Crippen LogP contribution is 1.99. The minimum Gasteiger partial charge on any atom is -0.354 e. The molecule has 0 unspecified atom stereocenters. The number of carbonyl (C=O) groups is 1. The molecule has 0 fully saturated rings. The molecule has 0 aromatic carbocycles. The van der Waals surface area contributed by atoms with Gasteiger partial charge in [-0.1, -0.05) is 6.92 Å². The van der Waals surface area contributed by atoms with Crippen LogP contribution in [-0.4, -0.2) is 23.2 Å². The van der Waals surface area contributed by atoms with Gasteiger partial charge in [0.1, 0.15) is 0 Å². The van der Waals surface area contributed by atoms with Crippen LogP contribution in [0, 0.1) is 0 Å². The summed E-state index contributed by atoms with van der Waals surface area (Å²) in [6.07, 6.45) is 2.52. The Hall–Kier alpha value is -1.45. The fourth-order valence-electron chi connectivity index (χ4n) is 0.839. The van der Waals surface area contributed by atoms with Crippen LogP contribution >= 0.6 is 0 Å². The average Bonchev–Trinajstić information content (AvgIpc) is 2.17. The van der Waals surface area contributed by atoms with Gasteiger partial charge in [0, 0.05) is 8.47 Å². The van der Waals surface area contributed by atoms with Crippen molar-refractivity contribution in [3.05, 3.63) is 23.5 Å². The molecule has 1 aromatic heterocycles. The van der Waals surface area contributed by atoms with Crippen LogP contribution in [-0.2, 0) is 6.42 Å². The van der Waals surface area contributed by atoms with E-state index in [1.165, 1.54) is 0 Å². The molecule has 0 saturated carbocycles. The van der Waals surface area contributed by atoms with Crippen molar-refractivity contribution in [2.75, 3.05) is 7.05 Å². The molecule has 0 spiro atoms. The number of amides is 1. The lowest BCUT2D eigenvalue weighted by molar-refractivity contribution is 0.0957. The Morgan fingerprint density at radius 3 is 3.08 bits per heavy atom. The van der Waals surface area contributed by atoms with Gasteiger partial charge in [-0.25, -0.2) is 0 Å². The predicted molar refractivity (Wildman–Crippen MR) is 46.9 cm³/mol. The fraction of sp³-hybridized carbons (Fsp3) is 0.375. The van der Waals surface area contributed by atoms with Crippen LogP contribution in [0.3, 0.4) is 0 Å². The van der Waals surface area contributed by atoms with E-state index >= 15 is 0 Å². The van der Waals surface area contributed by atoms with Crippen LogP contribution in [0.2, 0.25) is 0 Å². The first-order valence-corrected chi connectivity index (χ1v) is 3.81. The lowest BCUT2D eigenvalue weighted by Gasteiger charge is -1.98. The third-order valence-corrected chi connectivity index (χ3v) is 1.58. The van der Waals surface area contributed by atoms with Crippen LogP contribution in [0.1, 0.15) is 24.4 Å². The molecular weight excluding hydrogens is 154 g/mol. The third kappa shape index (κ3) is 1.78. The van der Waals surface area contributed by atoms with Crippen LogP contribution < -0.4 is 5.32 Å². The van der Waals surface area contributed by atoms with Crippen LogP contribution in [0.4, 0.5) is 0 Å². The molecule has 1 heterocycles. The molecule has 4 heteroatoms. The molecule has 4 nitrogen and oxygen atoms in total. The Labute approximate surface area is 72.5 Å². The number of carbonyl (C=O) groups excluding carboxylic acids is 1. The van der Waals surface area contributed by atoms with Crippen molar-refractivity contribution in [2.45, 2.75) is 13.3 Å². The van der Waals surface area contributed by atoms with Gasteiger partial charge in [0.25, 0.3) is 5.91 Å². The van der Waals surface area contributed by atoms with E-state index < -0.39 is 0 Å². The van der Waals surface area contributed by atoms with Crippen molar-refractivity contribution in [3.8, 4) is 0 Å². The van der Waals surface area contributed by atoms with Gasteiger partial charge in [-0.05, 0) is 18.1 Å². The number of aryl methyl sites for hydroxylation is 1. The van der Waals surface area contributed by atoms with E-state index in [-0.39, 0.29) is 7.33 Å². The Kier molecular flexibility index (Phi) is 2.74. The topological polar surface area (TPSA) is 54.9 Å². The lowest BCUT2D eigenvalue weighted by Crippen LogP contribution is -2.19. The first-order chi connectivity index (χ1) is 5.77. The minimum atomic E-state index is -0.196. The standard InChI is InChI=1S/C8H11N3O.H2/c1-3-6-4-7(8(12)9-2)11-10-5-6;/h4-5H,3H2,1-2H3,(H,9,12);1H. The van der Waals surface area contributed by atoms with Crippen molar-refractivity contribution < 1.29 is 6.22 Å². The molecule has 0 aliphatic carbocycles. The first-order valence-electron chi connectivity index (χ1n) is 3.81. The summed E-state index contributed by atoms with van der Waals surface area (Å²) in [5.74, 6) is -0.196. The van der Waals surface area contributed by atoms with Crippen molar-refractivity contribution in [1.29, 1.82) is 0 Å². The quantitative estimate of drug-likeness (QED) is 0.703. The molecule has 1 rings (SSSR count). The van der Waals surface area contributed by atoms with Crippen molar-refractivity contribution in [2.24, 2.45) is 0 Å². The smallest absolute Gasteiger partial charge is 0.271 e. The summed E-state index contributed by atoms with van der Waals surface area (Å²) < 4.78 is 0. The summed E-state index contributed by atoms with van der Waals surface area (Å²) in [5, 5.41) is 9.90. The second-order valence-electron chi connectivity index (χ2n) is 2.38. The highest BCUT2D eigenvalue weighted by Gasteiger charge is 2.04. The van der Waals surface area contributed by atoms with Gasteiger partial charge in [0.15, 0.2) is 5.69 Å². The molecule has 0 aliphatic rings. The zero-order valence-electron chi connectivity index (χ0n) is 7.16. The second kappa shape index (κ2) is 3.80. The Balaban J connectivity index is 0.00000144. The highest BCUT2D eigenvalue weighted by molar-refractivity contribution is 5.91. The van der Waals surface area contributed by atoms with Crippen LogP contribution in [0.15, 0.2) is 12.3 Å². The molecule has 0 aliphatic heterocycles. The zero-order valence-corrected chi connectivity index (χ0v) is 7.16. The highest BCUT2D eigenvalue weighted by atomic mass is 16.1. The Morgan fingerprint density at radius 2 is 2.50 bits per heavy atom. The monoisotopic (exact) mass is 167 g/mol. The van der Waals surface area contributed by atoms with Crippen LogP contribution in [0.5, 0.6) is 0 Å². The van der Waals surface area contributed by atoms with Crippen molar-refractivity contribution in [3.63, 3.8) is 0 Å². The van der Waals surface area contributed by atoms with Gasteiger partial charge in [0.05, 0.1) is 6.20 Å². The summed E-state index contributed by atoms with van der Waals surface area (Å²) >= 11 is 0. The zero-order chi connectivity index (χ0) is 8.97. The summed E-state index contributed by atoms with van der Waals surface area (Å²) in [6.45, 7) is 2.00. The first kappa shape index (κ1) is 8.64. The number of rotatable bonds is 2. The van der Waals surface area contributed by atoms with E-state index in [2.05, 4.69) is 15.5 Å². The minimum absolute atomic E-state index is 0. The number of nitrogens with one attached hydrogen (secondary N) is 1. The normalized spacial score (nSPS) is 9.50. The van der Waals surface area contributed by atoms with Gasteiger partial charge in [-0.2, -0.15) is 5.10 Å². The number of hydrogen-bond donors (Lipinski definition) is 1. The summed E-state index contributed by atoms with van der Waals surface area (Å²) in [5.41, 5.74) is 1.39. The summed E-state index contributed by atoms with van der Waals surface area (Å²) in [6, 6.07) is 1.74. The molecular formula is C8H13N3O. The molecule has 1 aromatic rings. The maximum absolute atomic E-state index is 11.1. The van der Waals surface area contributed by atoms with E-state index in [4.69, 9.17) is 0 Å². The van der Waals surface area contributed by atoms with Crippen molar-refractivity contribution >= 4 is 5.91 Å². The van der Waals surface area contributed by atoms with E-state index in [1.54, 1.807) is 19.3 Å². The molecule has 0 saturated heterocycles. The Bertz CT molecular complexity index is 290. The maximum atomic E-state index is 11.1. The molecule has 12 heavy (non-hydrogen) atoms. The SMILES string of the molecule is CCc1cnnc(C(=O)NC)c1.[HH]. The van der Waals surface area contributed by atoms with E-state index in [0.717, 1.165) is 12.0 Å². The largest absolute Gasteiger partial charge is 0.354 e. The average molecular weight is 167 g/mol. The molecule has 0 radical (unpaired) electrons. The molecule has 0 atom stereocenters. The van der Waals surface area contributed by atoms with Crippen LogP contribution in [0.25, 0.3) is 0 Å². The predicted octanol–water partition coefficient (Wildman–Crippen LogP) is 0.645. The fourth-order valence-corrected chi connectivity index (χ4v) is 0.839. The maximum Gasteiger partial charge on any atom is 0.271 e. The number of hydrogen-bond acceptors (Lipinski definition) is 3. The van der Waals surface area contributed by atoms with E-state index in [1.807, 2.05) is 6.92 Å².